The number of benzene rings is 2. The molecule has 0 bridgehead atoms. The number of hydrogen-bond acceptors (Lipinski definition) is 6. The molecule has 3 saturated heterocycles. The van der Waals surface area contributed by atoms with Gasteiger partial charge in [0.15, 0.2) is 0 Å². The Morgan fingerprint density at radius 2 is 1.71 bits per heavy atom. The van der Waals surface area contributed by atoms with Crippen molar-refractivity contribution >= 4 is 23.5 Å². The summed E-state index contributed by atoms with van der Waals surface area (Å²) in [6.45, 7) is 5.30. The van der Waals surface area contributed by atoms with Gasteiger partial charge < -0.3 is 9.84 Å². The number of nitrogens with zero attached hydrogens (tertiary/aromatic N) is 3. The van der Waals surface area contributed by atoms with Crippen LogP contribution in [0.15, 0.2) is 90.1 Å². The molecule has 0 radical (unpaired) electrons. The molecule has 232 valence electrons. The number of carbonyl (C=O) groups is 2. The molecular weight excluding hydrogens is 562 g/mol. The molecule has 3 aliphatic heterocycles. The van der Waals surface area contributed by atoms with Gasteiger partial charge in [0.1, 0.15) is 5.75 Å². The number of likely N-dealkylation sites (tertiary alicyclic amines) is 2. The second kappa shape index (κ2) is 12.7. The standard InChI is InChI=1S/C38H41N3O4/c1-25-21-31-36(38(44)41(37(31)43)29-16-19-40(20-17-29)23-27-7-3-2-4-8-27)32-24-45-34(35(25)32)15-12-28(33-9-5-6-18-39-33)22-26-10-13-30(42)14-11-26/h2-11,13-14,18,22,29,31-32,34,36,42H,12,15-17,19-21,23-24H2,1H3/b28-22-/t31-,32+,34-,36-/m1/s1. The summed E-state index contributed by atoms with van der Waals surface area (Å²) in [6.07, 6.45) is 7.66. The van der Waals surface area contributed by atoms with Crippen molar-refractivity contribution in [2.75, 3.05) is 19.7 Å². The molecule has 0 spiro atoms. The smallest absolute Gasteiger partial charge is 0.234 e. The molecular formula is C38H41N3O4. The number of amides is 2. The van der Waals surface area contributed by atoms with Crippen molar-refractivity contribution in [3.63, 3.8) is 0 Å². The van der Waals surface area contributed by atoms with Crippen LogP contribution in [0, 0.1) is 17.8 Å². The quantitative estimate of drug-likeness (QED) is 0.247. The fraction of sp³-hybridized carbons (Fsp3) is 0.395. The summed E-state index contributed by atoms with van der Waals surface area (Å²) in [5.74, 6) is -0.328. The van der Waals surface area contributed by atoms with Gasteiger partial charge in [-0.3, -0.25) is 24.4 Å². The average molecular weight is 604 g/mol. The van der Waals surface area contributed by atoms with Crippen molar-refractivity contribution in [1.82, 2.24) is 14.8 Å². The third-order valence-electron chi connectivity index (χ3n) is 10.3. The van der Waals surface area contributed by atoms with E-state index >= 15 is 0 Å². The van der Waals surface area contributed by atoms with E-state index < -0.39 is 0 Å². The number of allylic oxidation sites excluding steroid dienone is 2. The van der Waals surface area contributed by atoms with E-state index in [0.717, 1.165) is 62.1 Å². The van der Waals surface area contributed by atoms with Crippen molar-refractivity contribution in [2.24, 2.45) is 17.8 Å². The Kier molecular flexibility index (Phi) is 8.39. The predicted molar refractivity (Wildman–Crippen MR) is 174 cm³/mol. The van der Waals surface area contributed by atoms with Gasteiger partial charge in [0.25, 0.3) is 0 Å². The van der Waals surface area contributed by atoms with Gasteiger partial charge in [0.05, 0.1) is 30.2 Å². The van der Waals surface area contributed by atoms with Crippen LogP contribution in [0.25, 0.3) is 11.6 Å². The number of imide groups is 1. The lowest BCUT2D eigenvalue weighted by Gasteiger charge is -2.36. The molecule has 7 nitrogen and oxygen atoms in total. The summed E-state index contributed by atoms with van der Waals surface area (Å²) in [6, 6.07) is 23.6. The summed E-state index contributed by atoms with van der Waals surface area (Å²) >= 11 is 0. The van der Waals surface area contributed by atoms with Crippen LogP contribution in [0.5, 0.6) is 5.75 Å². The Hall–Kier alpha value is -4.07. The van der Waals surface area contributed by atoms with Gasteiger partial charge in [-0.15, -0.1) is 0 Å². The SMILES string of the molecule is CC1=C2[C@@H](CC/C(=C/c3ccc(O)cc3)c3ccccn3)OC[C@@H]2[C@@H]2C(=O)N(C3CCN(Cc4ccccc4)CC3)C(=O)[C@@H]2C1. The number of hydrogen-bond donors (Lipinski definition) is 1. The molecule has 3 fully saturated rings. The van der Waals surface area contributed by atoms with Crippen LogP contribution in [-0.4, -0.2) is 63.5 Å². The third-order valence-corrected chi connectivity index (χ3v) is 10.3. The topological polar surface area (TPSA) is 83.0 Å². The second-order valence-electron chi connectivity index (χ2n) is 13.1. The molecule has 7 rings (SSSR count). The maximum Gasteiger partial charge on any atom is 0.234 e. The minimum absolute atomic E-state index is 0.0181. The Bertz CT molecular complexity index is 1590. The molecule has 2 amide bonds. The third kappa shape index (κ3) is 5.99. The van der Waals surface area contributed by atoms with Crippen LogP contribution >= 0.6 is 0 Å². The number of piperidine rings is 1. The van der Waals surface area contributed by atoms with Crippen LogP contribution in [0.4, 0.5) is 0 Å². The van der Waals surface area contributed by atoms with Crippen LogP contribution in [0.1, 0.15) is 55.8 Å². The first kappa shape index (κ1) is 29.6. The highest BCUT2D eigenvalue weighted by molar-refractivity contribution is 6.06. The molecule has 0 unspecified atom stereocenters. The van der Waals surface area contributed by atoms with Crippen LogP contribution < -0.4 is 0 Å². The minimum Gasteiger partial charge on any atom is -0.508 e. The average Bonchev–Trinajstić information content (AvgIpc) is 3.60. The van der Waals surface area contributed by atoms with Gasteiger partial charge in [-0.1, -0.05) is 54.1 Å². The van der Waals surface area contributed by atoms with Crippen LogP contribution in [0.2, 0.25) is 0 Å². The van der Waals surface area contributed by atoms with E-state index in [1.54, 1.807) is 23.2 Å². The highest BCUT2D eigenvalue weighted by Crippen LogP contribution is 2.50. The van der Waals surface area contributed by atoms with Gasteiger partial charge in [-0.2, -0.15) is 0 Å². The first-order valence-corrected chi connectivity index (χ1v) is 16.3. The van der Waals surface area contributed by atoms with Gasteiger partial charge in [0.2, 0.25) is 11.8 Å². The van der Waals surface area contributed by atoms with Gasteiger partial charge >= 0.3 is 0 Å². The Morgan fingerprint density at radius 3 is 2.44 bits per heavy atom. The van der Waals surface area contributed by atoms with Crippen molar-refractivity contribution in [3.05, 3.63) is 107 Å². The Morgan fingerprint density at radius 1 is 0.956 bits per heavy atom. The summed E-state index contributed by atoms with van der Waals surface area (Å²) < 4.78 is 6.44. The number of ether oxygens (including phenoxy) is 1. The lowest BCUT2D eigenvalue weighted by Crippen LogP contribution is -2.47. The van der Waals surface area contributed by atoms with E-state index in [9.17, 15) is 14.7 Å². The van der Waals surface area contributed by atoms with E-state index in [0.29, 0.717) is 13.0 Å². The number of pyridine rings is 1. The first-order valence-electron chi connectivity index (χ1n) is 16.3. The van der Waals surface area contributed by atoms with E-state index in [-0.39, 0.29) is 47.5 Å². The summed E-state index contributed by atoms with van der Waals surface area (Å²) in [5, 5.41) is 9.74. The van der Waals surface area contributed by atoms with Crippen molar-refractivity contribution in [1.29, 1.82) is 0 Å². The van der Waals surface area contributed by atoms with E-state index in [2.05, 4.69) is 47.1 Å². The van der Waals surface area contributed by atoms with E-state index in [4.69, 9.17) is 4.74 Å². The van der Waals surface area contributed by atoms with Crippen LogP contribution in [0.3, 0.4) is 0 Å². The maximum atomic E-state index is 14.0. The number of carbonyl (C=O) groups excluding carboxylic acids is 2. The van der Waals surface area contributed by atoms with E-state index in [1.165, 1.54) is 16.7 Å². The fourth-order valence-corrected chi connectivity index (χ4v) is 8.08. The molecule has 4 aliphatic rings. The van der Waals surface area contributed by atoms with E-state index in [1.807, 2.05) is 36.4 Å². The molecule has 7 heteroatoms. The van der Waals surface area contributed by atoms with Crippen molar-refractivity contribution in [3.8, 4) is 5.75 Å². The Balaban J connectivity index is 1.03. The monoisotopic (exact) mass is 603 g/mol. The molecule has 45 heavy (non-hydrogen) atoms. The molecule has 1 N–H and O–H groups in total. The molecule has 1 aromatic heterocycles. The largest absolute Gasteiger partial charge is 0.508 e. The van der Waals surface area contributed by atoms with Crippen molar-refractivity contribution < 1.29 is 19.4 Å². The summed E-state index contributed by atoms with van der Waals surface area (Å²) in [4.78, 5) is 36.5. The highest BCUT2D eigenvalue weighted by atomic mass is 16.5. The predicted octanol–water partition coefficient (Wildman–Crippen LogP) is 6.11. The first-order chi connectivity index (χ1) is 22.0. The molecule has 4 heterocycles. The highest BCUT2D eigenvalue weighted by Gasteiger charge is 2.57. The summed E-state index contributed by atoms with van der Waals surface area (Å²) in [5.41, 5.74) is 6.75. The number of phenols is 1. The van der Waals surface area contributed by atoms with Gasteiger partial charge in [-0.05, 0) is 91.6 Å². The fourth-order valence-electron chi connectivity index (χ4n) is 8.08. The number of fused-ring (bicyclic) bond motifs is 3. The molecule has 1 aliphatic carbocycles. The molecule has 2 aromatic carbocycles. The zero-order valence-corrected chi connectivity index (χ0v) is 25.8. The van der Waals surface area contributed by atoms with Crippen LogP contribution in [-0.2, 0) is 20.9 Å². The van der Waals surface area contributed by atoms with Gasteiger partial charge in [0, 0.05) is 37.8 Å². The lowest BCUT2D eigenvalue weighted by atomic mass is 9.70. The van der Waals surface area contributed by atoms with Gasteiger partial charge in [-0.25, -0.2) is 0 Å². The molecule has 3 aromatic rings. The lowest BCUT2D eigenvalue weighted by molar-refractivity contribution is -0.144. The second-order valence-corrected chi connectivity index (χ2v) is 13.1. The number of aromatic hydroxyl groups is 1. The number of aromatic nitrogens is 1. The minimum atomic E-state index is -0.314. The number of rotatable bonds is 8. The van der Waals surface area contributed by atoms with Crippen molar-refractivity contribution in [2.45, 2.75) is 57.7 Å². The zero-order chi connectivity index (χ0) is 30.9. The molecule has 4 atom stereocenters. The normalized spacial score (nSPS) is 26.0. The number of phenolic OH excluding ortho intramolecular Hbond substituents is 1. The summed E-state index contributed by atoms with van der Waals surface area (Å²) in [7, 11) is 0. The molecule has 0 saturated carbocycles. The Labute approximate surface area is 265 Å². The maximum absolute atomic E-state index is 14.0. The zero-order valence-electron chi connectivity index (χ0n) is 25.8.